The third-order valence-electron chi connectivity index (χ3n) is 4.25. The predicted molar refractivity (Wildman–Crippen MR) is 115 cm³/mol. The molecule has 7 nitrogen and oxygen atoms in total. The average Bonchev–Trinajstić information content (AvgIpc) is 2.68. The second-order valence-corrected chi connectivity index (χ2v) is 6.84. The zero-order valence-electron chi connectivity index (χ0n) is 16.9. The van der Waals surface area contributed by atoms with Crippen LogP contribution in [0.1, 0.15) is 33.6 Å². The Morgan fingerprint density at radius 3 is 2.31 bits per heavy atom. The monoisotopic (exact) mass is 389 g/mol. The van der Waals surface area contributed by atoms with Gasteiger partial charge in [-0.3, -0.25) is 9.59 Å². The first-order valence-corrected chi connectivity index (χ1v) is 9.14. The summed E-state index contributed by atoms with van der Waals surface area (Å²) in [6.45, 7) is 3.24. The van der Waals surface area contributed by atoms with Crippen molar-refractivity contribution in [2.45, 2.75) is 13.8 Å². The number of rotatable bonds is 6. The smallest absolute Gasteiger partial charge is 0.274 e. The molecule has 1 amide bonds. The van der Waals surface area contributed by atoms with Crippen molar-refractivity contribution in [2.24, 2.45) is 0 Å². The molecule has 0 spiro atoms. The molecule has 0 unspecified atom stereocenters. The van der Waals surface area contributed by atoms with Crippen molar-refractivity contribution in [3.63, 3.8) is 0 Å². The first-order chi connectivity index (χ1) is 13.8. The van der Waals surface area contributed by atoms with Crippen molar-refractivity contribution in [2.75, 3.05) is 29.6 Å². The van der Waals surface area contributed by atoms with E-state index in [1.165, 1.54) is 6.92 Å². The molecule has 3 rings (SSSR count). The summed E-state index contributed by atoms with van der Waals surface area (Å²) in [5.74, 6) is 0.596. The number of Topliss-reactive ketones (excluding diaryl/α,β-unsaturated/α-hetero) is 1. The number of nitrogens with one attached hydrogen (secondary N) is 2. The maximum absolute atomic E-state index is 12.6. The van der Waals surface area contributed by atoms with Crippen molar-refractivity contribution in [3.8, 4) is 0 Å². The van der Waals surface area contributed by atoms with Crippen LogP contribution < -0.4 is 15.5 Å². The lowest BCUT2D eigenvalue weighted by Gasteiger charge is -2.13. The molecule has 0 radical (unpaired) electrons. The van der Waals surface area contributed by atoms with Crippen LogP contribution in [0.25, 0.3) is 0 Å². The molecule has 2 N–H and O–H groups in total. The Morgan fingerprint density at radius 2 is 1.66 bits per heavy atom. The SMILES string of the molecule is CC(=O)c1cccc(Nc2cc(C(=O)Nc3ccc(N(C)C)cc3)nc(C)n2)c1. The van der Waals surface area contributed by atoms with Gasteiger partial charge < -0.3 is 15.5 Å². The molecular weight excluding hydrogens is 366 g/mol. The summed E-state index contributed by atoms with van der Waals surface area (Å²) in [5, 5.41) is 5.98. The molecule has 1 aromatic heterocycles. The molecule has 0 aliphatic rings. The van der Waals surface area contributed by atoms with Crippen LogP contribution in [0.5, 0.6) is 0 Å². The third-order valence-corrected chi connectivity index (χ3v) is 4.25. The Morgan fingerprint density at radius 1 is 0.931 bits per heavy atom. The molecule has 0 fully saturated rings. The fourth-order valence-electron chi connectivity index (χ4n) is 2.75. The number of anilines is 4. The van der Waals surface area contributed by atoms with Crippen LogP contribution in [0.4, 0.5) is 22.9 Å². The van der Waals surface area contributed by atoms with Gasteiger partial charge in [0, 0.05) is 42.8 Å². The summed E-state index contributed by atoms with van der Waals surface area (Å²) < 4.78 is 0. The van der Waals surface area contributed by atoms with Gasteiger partial charge in [0.1, 0.15) is 17.3 Å². The lowest BCUT2D eigenvalue weighted by molar-refractivity contribution is 0.101. The van der Waals surface area contributed by atoms with Gasteiger partial charge in [-0.1, -0.05) is 12.1 Å². The van der Waals surface area contributed by atoms with Gasteiger partial charge in [0.2, 0.25) is 0 Å². The van der Waals surface area contributed by atoms with Crippen LogP contribution in [0.2, 0.25) is 0 Å². The first kappa shape index (κ1) is 20.0. The number of benzene rings is 2. The number of carbonyl (C=O) groups excluding carboxylic acids is 2. The molecule has 0 aliphatic carbocycles. The van der Waals surface area contributed by atoms with E-state index in [1.807, 2.05) is 49.3 Å². The summed E-state index contributed by atoms with van der Waals surface area (Å²) in [5.41, 5.74) is 3.28. The second-order valence-electron chi connectivity index (χ2n) is 6.84. The van der Waals surface area contributed by atoms with Crippen molar-refractivity contribution in [1.82, 2.24) is 9.97 Å². The Labute approximate surface area is 169 Å². The van der Waals surface area contributed by atoms with Gasteiger partial charge in [-0.25, -0.2) is 9.97 Å². The number of hydrogen-bond acceptors (Lipinski definition) is 6. The highest BCUT2D eigenvalue weighted by Crippen LogP contribution is 2.19. The lowest BCUT2D eigenvalue weighted by Crippen LogP contribution is -2.15. The van der Waals surface area contributed by atoms with Gasteiger partial charge in [-0.05, 0) is 50.2 Å². The van der Waals surface area contributed by atoms with E-state index in [0.717, 1.165) is 5.69 Å². The van der Waals surface area contributed by atoms with E-state index < -0.39 is 0 Å². The quantitative estimate of drug-likeness (QED) is 0.619. The van der Waals surface area contributed by atoms with Crippen molar-refractivity contribution < 1.29 is 9.59 Å². The number of amides is 1. The van der Waals surface area contributed by atoms with E-state index in [1.54, 1.807) is 31.2 Å². The van der Waals surface area contributed by atoms with Crippen LogP contribution in [0.15, 0.2) is 54.6 Å². The average molecular weight is 389 g/mol. The number of ketones is 1. The second kappa shape index (κ2) is 8.52. The molecular formula is C22H23N5O2. The lowest BCUT2D eigenvalue weighted by atomic mass is 10.1. The minimum absolute atomic E-state index is 0.0205. The number of carbonyl (C=O) groups is 2. The normalized spacial score (nSPS) is 10.3. The van der Waals surface area contributed by atoms with Gasteiger partial charge in [0.05, 0.1) is 0 Å². The van der Waals surface area contributed by atoms with E-state index in [9.17, 15) is 9.59 Å². The van der Waals surface area contributed by atoms with Gasteiger partial charge in [-0.2, -0.15) is 0 Å². The highest BCUT2D eigenvalue weighted by atomic mass is 16.2. The minimum Gasteiger partial charge on any atom is -0.378 e. The molecule has 7 heteroatoms. The highest BCUT2D eigenvalue weighted by Gasteiger charge is 2.12. The largest absolute Gasteiger partial charge is 0.378 e. The molecule has 1 heterocycles. The molecule has 0 aliphatic heterocycles. The van der Waals surface area contributed by atoms with Crippen LogP contribution in [0, 0.1) is 6.92 Å². The Hall–Kier alpha value is -3.74. The molecule has 29 heavy (non-hydrogen) atoms. The molecule has 148 valence electrons. The predicted octanol–water partition coefficient (Wildman–Crippen LogP) is 4.05. The summed E-state index contributed by atoms with van der Waals surface area (Å²) >= 11 is 0. The molecule has 0 saturated carbocycles. The van der Waals surface area contributed by atoms with Crippen LogP contribution in [-0.4, -0.2) is 35.8 Å². The summed E-state index contributed by atoms with van der Waals surface area (Å²) in [6, 6.07) is 16.2. The fourth-order valence-corrected chi connectivity index (χ4v) is 2.75. The minimum atomic E-state index is -0.325. The number of hydrogen-bond donors (Lipinski definition) is 2. The number of aryl methyl sites for hydroxylation is 1. The Bertz CT molecular complexity index is 1050. The first-order valence-electron chi connectivity index (χ1n) is 9.14. The summed E-state index contributed by atoms with van der Waals surface area (Å²) in [6.07, 6.45) is 0. The number of aromatic nitrogens is 2. The van der Waals surface area contributed by atoms with Crippen molar-refractivity contribution in [1.29, 1.82) is 0 Å². The number of nitrogens with zero attached hydrogens (tertiary/aromatic N) is 3. The Balaban J connectivity index is 1.78. The van der Waals surface area contributed by atoms with Gasteiger partial charge in [0.25, 0.3) is 5.91 Å². The maximum atomic E-state index is 12.6. The highest BCUT2D eigenvalue weighted by molar-refractivity contribution is 6.03. The van der Waals surface area contributed by atoms with E-state index in [4.69, 9.17) is 0 Å². The molecule has 0 saturated heterocycles. The topological polar surface area (TPSA) is 87.2 Å². The molecule has 2 aromatic carbocycles. The van der Waals surface area contributed by atoms with Crippen LogP contribution in [0.3, 0.4) is 0 Å². The Kier molecular flexibility index (Phi) is 5.87. The van der Waals surface area contributed by atoms with Gasteiger partial charge in [-0.15, -0.1) is 0 Å². The van der Waals surface area contributed by atoms with E-state index in [0.29, 0.717) is 28.6 Å². The van der Waals surface area contributed by atoms with Crippen molar-refractivity contribution in [3.05, 3.63) is 71.7 Å². The van der Waals surface area contributed by atoms with E-state index in [2.05, 4.69) is 20.6 Å². The summed E-state index contributed by atoms with van der Waals surface area (Å²) in [7, 11) is 3.91. The van der Waals surface area contributed by atoms with Crippen molar-refractivity contribution >= 4 is 34.6 Å². The van der Waals surface area contributed by atoms with Crippen LogP contribution >= 0.6 is 0 Å². The van der Waals surface area contributed by atoms with Gasteiger partial charge >= 0.3 is 0 Å². The fraction of sp³-hybridized carbons (Fsp3) is 0.182. The van der Waals surface area contributed by atoms with E-state index >= 15 is 0 Å². The summed E-state index contributed by atoms with van der Waals surface area (Å²) in [4.78, 5) is 34.8. The van der Waals surface area contributed by atoms with Crippen LogP contribution in [-0.2, 0) is 0 Å². The molecule has 3 aromatic rings. The van der Waals surface area contributed by atoms with Gasteiger partial charge in [0.15, 0.2) is 5.78 Å². The zero-order chi connectivity index (χ0) is 21.0. The third kappa shape index (κ3) is 5.16. The van der Waals surface area contributed by atoms with E-state index in [-0.39, 0.29) is 17.4 Å². The standard InChI is InChI=1S/C22H23N5O2/c1-14(28)16-6-5-7-18(12-16)25-21-13-20(23-15(2)24-21)22(29)26-17-8-10-19(11-9-17)27(3)4/h5-13H,1-4H3,(H,26,29)(H,23,24,25). The maximum Gasteiger partial charge on any atom is 0.274 e. The zero-order valence-corrected chi connectivity index (χ0v) is 16.9. The molecule has 0 bridgehead atoms. The molecule has 0 atom stereocenters.